The monoisotopic (exact) mass is 321 g/mol. The van der Waals surface area contributed by atoms with Gasteiger partial charge in [0.25, 0.3) is 0 Å². The first-order valence-electron chi connectivity index (χ1n) is 7.87. The fourth-order valence-corrected chi connectivity index (χ4v) is 2.41. The van der Waals surface area contributed by atoms with Crippen molar-refractivity contribution in [3.05, 3.63) is 66.4 Å². The zero-order valence-corrected chi connectivity index (χ0v) is 13.5. The number of hydrogen-bond donors (Lipinski definition) is 1. The lowest BCUT2D eigenvalue weighted by Crippen LogP contribution is -1.95. The number of nitrogens with zero attached hydrogens (tertiary/aromatic N) is 3. The Morgan fingerprint density at radius 2 is 1.88 bits per heavy atom. The van der Waals surface area contributed by atoms with Gasteiger partial charge in [-0.25, -0.2) is 4.68 Å². The predicted octanol–water partition coefficient (Wildman–Crippen LogP) is 4.14. The Morgan fingerprint density at radius 1 is 1.12 bits per heavy atom. The summed E-state index contributed by atoms with van der Waals surface area (Å²) in [6, 6.07) is 17.6. The molecule has 1 N–H and O–H groups in total. The Labute approximate surface area is 140 Å². The summed E-state index contributed by atoms with van der Waals surface area (Å²) >= 11 is 0. The van der Waals surface area contributed by atoms with E-state index in [0.717, 1.165) is 34.7 Å². The Hall–Kier alpha value is -3.08. The van der Waals surface area contributed by atoms with Crippen molar-refractivity contribution in [1.29, 1.82) is 0 Å². The highest BCUT2D eigenvalue weighted by atomic mass is 16.5. The van der Waals surface area contributed by atoms with Crippen molar-refractivity contribution in [2.45, 2.75) is 13.3 Å². The van der Waals surface area contributed by atoms with Crippen LogP contribution in [0.15, 0.2) is 65.9 Å². The van der Waals surface area contributed by atoms with Crippen LogP contribution >= 0.6 is 0 Å². The lowest BCUT2D eigenvalue weighted by atomic mass is 10.1. The predicted molar refractivity (Wildman–Crippen MR) is 94.2 cm³/mol. The van der Waals surface area contributed by atoms with E-state index in [1.807, 2.05) is 60.8 Å². The summed E-state index contributed by atoms with van der Waals surface area (Å²) in [6.45, 7) is 2.77. The molecule has 0 saturated carbocycles. The summed E-state index contributed by atoms with van der Waals surface area (Å²) in [5.41, 5.74) is 3.37. The van der Waals surface area contributed by atoms with Gasteiger partial charge in [-0.3, -0.25) is 0 Å². The molecule has 0 aliphatic carbocycles. The lowest BCUT2D eigenvalue weighted by Gasteiger charge is -2.05. The Morgan fingerprint density at radius 3 is 2.54 bits per heavy atom. The van der Waals surface area contributed by atoms with Gasteiger partial charge in [0.2, 0.25) is 0 Å². The SMILES string of the molecule is CCCOc1ccc(-c2nn(-c3ccccc3)cc2/C=N\O)cc1. The fraction of sp³-hybridized carbons (Fsp3) is 0.158. The van der Waals surface area contributed by atoms with E-state index in [4.69, 9.17) is 9.94 Å². The highest BCUT2D eigenvalue weighted by molar-refractivity contribution is 5.88. The van der Waals surface area contributed by atoms with Crippen LogP contribution in [-0.2, 0) is 0 Å². The Kier molecular flexibility index (Phi) is 4.91. The number of aromatic nitrogens is 2. The number of ether oxygens (including phenoxy) is 1. The van der Waals surface area contributed by atoms with Crippen molar-refractivity contribution >= 4 is 6.21 Å². The molecule has 0 radical (unpaired) electrons. The largest absolute Gasteiger partial charge is 0.494 e. The highest BCUT2D eigenvalue weighted by Crippen LogP contribution is 2.25. The number of oxime groups is 1. The minimum absolute atomic E-state index is 0.699. The van der Waals surface area contributed by atoms with E-state index in [0.29, 0.717) is 6.61 Å². The molecule has 0 atom stereocenters. The molecule has 5 heteroatoms. The van der Waals surface area contributed by atoms with E-state index in [-0.39, 0.29) is 0 Å². The molecule has 2 aromatic carbocycles. The van der Waals surface area contributed by atoms with E-state index >= 15 is 0 Å². The van der Waals surface area contributed by atoms with Gasteiger partial charge < -0.3 is 9.94 Å². The van der Waals surface area contributed by atoms with E-state index in [1.165, 1.54) is 6.21 Å². The normalized spacial score (nSPS) is 11.0. The average Bonchev–Trinajstić information content (AvgIpc) is 3.05. The molecule has 1 heterocycles. The van der Waals surface area contributed by atoms with Gasteiger partial charge in [-0.2, -0.15) is 5.10 Å². The fourth-order valence-electron chi connectivity index (χ4n) is 2.41. The van der Waals surface area contributed by atoms with Crippen molar-refractivity contribution in [3.63, 3.8) is 0 Å². The third-order valence-electron chi connectivity index (χ3n) is 3.56. The number of para-hydroxylation sites is 1. The van der Waals surface area contributed by atoms with Crippen LogP contribution in [0.3, 0.4) is 0 Å². The minimum atomic E-state index is 0.699. The van der Waals surface area contributed by atoms with Gasteiger partial charge in [-0.1, -0.05) is 30.3 Å². The maximum absolute atomic E-state index is 8.92. The van der Waals surface area contributed by atoms with Crippen molar-refractivity contribution in [2.75, 3.05) is 6.61 Å². The standard InChI is InChI=1S/C19H19N3O2/c1-2-12-24-18-10-8-15(9-11-18)19-16(13-20-23)14-22(21-19)17-6-4-3-5-7-17/h3-11,13-14,23H,2,12H2,1H3/b20-13-. The molecule has 0 spiro atoms. The quantitative estimate of drug-likeness (QED) is 0.422. The third kappa shape index (κ3) is 3.46. The summed E-state index contributed by atoms with van der Waals surface area (Å²) in [4.78, 5) is 0. The van der Waals surface area contributed by atoms with E-state index in [9.17, 15) is 0 Å². The van der Waals surface area contributed by atoms with Crippen molar-refractivity contribution in [3.8, 4) is 22.7 Å². The van der Waals surface area contributed by atoms with Crippen LogP contribution in [0.1, 0.15) is 18.9 Å². The van der Waals surface area contributed by atoms with Crippen LogP contribution in [0.5, 0.6) is 5.75 Å². The van der Waals surface area contributed by atoms with Gasteiger partial charge in [-0.05, 0) is 42.8 Å². The molecule has 122 valence electrons. The van der Waals surface area contributed by atoms with Crippen molar-refractivity contribution in [1.82, 2.24) is 9.78 Å². The van der Waals surface area contributed by atoms with Gasteiger partial charge in [0.1, 0.15) is 11.4 Å². The first kappa shape index (κ1) is 15.8. The van der Waals surface area contributed by atoms with Gasteiger partial charge >= 0.3 is 0 Å². The average molecular weight is 321 g/mol. The second kappa shape index (κ2) is 7.46. The second-order valence-corrected chi connectivity index (χ2v) is 5.33. The zero-order valence-electron chi connectivity index (χ0n) is 13.5. The lowest BCUT2D eigenvalue weighted by molar-refractivity contribution is 0.317. The molecule has 0 unspecified atom stereocenters. The summed E-state index contributed by atoms with van der Waals surface area (Å²) in [6.07, 6.45) is 4.20. The molecule has 0 fully saturated rings. The zero-order chi connectivity index (χ0) is 16.8. The van der Waals surface area contributed by atoms with Crippen LogP contribution in [0.2, 0.25) is 0 Å². The van der Waals surface area contributed by atoms with Gasteiger partial charge in [0, 0.05) is 17.3 Å². The molecule has 24 heavy (non-hydrogen) atoms. The Bertz CT molecular complexity index is 808. The summed E-state index contributed by atoms with van der Waals surface area (Å²) in [5.74, 6) is 0.834. The maximum Gasteiger partial charge on any atom is 0.119 e. The molecule has 0 aliphatic heterocycles. The van der Waals surface area contributed by atoms with Gasteiger partial charge in [0.15, 0.2) is 0 Å². The van der Waals surface area contributed by atoms with Crippen LogP contribution in [0, 0.1) is 0 Å². The molecular formula is C19H19N3O2. The van der Waals surface area contributed by atoms with Gasteiger partial charge in [0.05, 0.1) is 18.5 Å². The molecule has 5 nitrogen and oxygen atoms in total. The third-order valence-corrected chi connectivity index (χ3v) is 3.56. The molecule has 3 aromatic rings. The first-order chi connectivity index (χ1) is 11.8. The molecule has 0 bridgehead atoms. The van der Waals surface area contributed by atoms with Gasteiger partial charge in [-0.15, -0.1) is 0 Å². The highest BCUT2D eigenvalue weighted by Gasteiger charge is 2.11. The van der Waals surface area contributed by atoms with E-state index < -0.39 is 0 Å². The molecule has 0 aliphatic rings. The van der Waals surface area contributed by atoms with Crippen LogP contribution in [0.25, 0.3) is 16.9 Å². The number of rotatable bonds is 6. The maximum atomic E-state index is 8.92. The van der Waals surface area contributed by atoms with E-state index in [2.05, 4.69) is 17.2 Å². The van der Waals surface area contributed by atoms with Crippen molar-refractivity contribution in [2.24, 2.45) is 5.16 Å². The second-order valence-electron chi connectivity index (χ2n) is 5.33. The van der Waals surface area contributed by atoms with Crippen LogP contribution in [0.4, 0.5) is 0 Å². The number of hydrogen-bond acceptors (Lipinski definition) is 4. The van der Waals surface area contributed by atoms with Crippen LogP contribution in [-0.4, -0.2) is 27.8 Å². The van der Waals surface area contributed by atoms with Crippen LogP contribution < -0.4 is 4.74 Å². The smallest absolute Gasteiger partial charge is 0.119 e. The molecule has 0 saturated heterocycles. The number of benzene rings is 2. The molecular weight excluding hydrogens is 302 g/mol. The summed E-state index contributed by atoms with van der Waals surface area (Å²) in [7, 11) is 0. The first-order valence-corrected chi connectivity index (χ1v) is 7.87. The molecule has 0 amide bonds. The minimum Gasteiger partial charge on any atom is -0.494 e. The summed E-state index contributed by atoms with van der Waals surface area (Å²) in [5, 5.41) is 16.7. The molecule has 3 rings (SSSR count). The van der Waals surface area contributed by atoms with E-state index in [1.54, 1.807) is 4.68 Å². The topological polar surface area (TPSA) is 59.6 Å². The van der Waals surface area contributed by atoms with Crippen molar-refractivity contribution < 1.29 is 9.94 Å². The Balaban J connectivity index is 1.96. The molecule has 1 aromatic heterocycles. The summed E-state index contributed by atoms with van der Waals surface area (Å²) < 4.78 is 7.38.